The van der Waals surface area contributed by atoms with E-state index in [1.165, 1.54) is 0 Å². The number of carbonyl (C=O) groups excluding carboxylic acids is 2. The molecule has 2 rings (SSSR count). The average Bonchev–Trinajstić information content (AvgIpc) is 2.51. The minimum absolute atomic E-state index is 0.0683. The number of amides is 2. The van der Waals surface area contributed by atoms with Gasteiger partial charge in [0.25, 0.3) is 0 Å². The summed E-state index contributed by atoms with van der Waals surface area (Å²) >= 11 is 3.38. The van der Waals surface area contributed by atoms with E-state index in [0.717, 1.165) is 10.2 Å². The van der Waals surface area contributed by atoms with E-state index in [9.17, 15) is 9.59 Å². The summed E-state index contributed by atoms with van der Waals surface area (Å²) in [6.45, 7) is 2.82. The number of hydrogen-bond acceptors (Lipinski definition) is 3. The van der Waals surface area contributed by atoms with E-state index < -0.39 is 0 Å². The molecule has 2 amide bonds. The molecule has 0 saturated carbocycles. The minimum atomic E-state index is -0.101. The third-order valence-electron chi connectivity index (χ3n) is 3.17. The normalized spacial score (nSPS) is 19.5. The van der Waals surface area contributed by atoms with Crippen molar-refractivity contribution in [2.24, 2.45) is 0 Å². The molecule has 6 heteroatoms. The molecule has 1 fully saturated rings. The van der Waals surface area contributed by atoms with E-state index >= 15 is 0 Å². The SMILES string of the molecule is CC1CC(=O)NCC(=O)N1CCOc1cccc(Br)c1. The Labute approximate surface area is 126 Å². The molecule has 1 atom stereocenters. The molecule has 0 spiro atoms. The zero-order valence-electron chi connectivity index (χ0n) is 11.3. The molecular weight excluding hydrogens is 324 g/mol. The van der Waals surface area contributed by atoms with Crippen molar-refractivity contribution in [1.29, 1.82) is 0 Å². The van der Waals surface area contributed by atoms with Gasteiger partial charge < -0.3 is 15.0 Å². The summed E-state index contributed by atoms with van der Waals surface area (Å²) in [6, 6.07) is 7.45. The first kappa shape index (κ1) is 14.8. The molecule has 1 heterocycles. The van der Waals surface area contributed by atoms with Gasteiger partial charge in [-0.3, -0.25) is 9.59 Å². The molecule has 0 aliphatic carbocycles. The molecule has 1 unspecified atom stereocenters. The zero-order valence-corrected chi connectivity index (χ0v) is 12.9. The van der Waals surface area contributed by atoms with Gasteiger partial charge in [-0.2, -0.15) is 0 Å². The smallest absolute Gasteiger partial charge is 0.242 e. The molecule has 1 N–H and O–H groups in total. The average molecular weight is 341 g/mol. The van der Waals surface area contributed by atoms with Gasteiger partial charge in [0.2, 0.25) is 11.8 Å². The quantitative estimate of drug-likeness (QED) is 0.904. The molecule has 1 aliphatic rings. The molecule has 1 aromatic rings. The Balaban J connectivity index is 1.89. The van der Waals surface area contributed by atoms with Crippen LogP contribution in [-0.4, -0.2) is 42.5 Å². The lowest BCUT2D eigenvalue weighted by Gasteiger charge is -2.26. The minimum Gasteiger partial charge on any atom is -0.492 e. The molecule has 5 nitrogen and oxygen atoms in total. The highest BCUT2D eigenvalue weighted by molar-refractivity contribution is 9.10. The summed E-state index contributed by atoms with van der Waals surface area (Å²) in [7, 11) is 0. The monoisotopic (exact) mass is 340 g/mol. The highest BCUT2D eigenvalue weighted by Gasteiger charge is 2.26. The van der Waals surface area contributed by atoms with Crippen LogP contribution in [0.5, 0.6) is 5.75 Å². The van der Waals surface area contributed by atoms with Crippen LogP contribution in [0.2, 0.25) is 0 Å². The van der Waals surface area contributed by atoms with Crippen molar-refractivity contribution >= 4 is 27.7 Å². The highest BCUT2D eigenvalue weighted by Crippen LogP contribution is 2.17. The third-order valence-corrected chi connectivity index (χ3v) is 3.66. The van der Waals surface area contributed by atoms with Crippen molar-refractivity contribution in [3.8, 4) is 5.75 Å². The lowest BCUT2D eigenvalue weighted by molar-refractivity contribution is -0.131. The van der Waals surface area contributed by atoms with Gasteiger partial charge in [-0.15, -0.1) is 0 Å². The Morgan fingerprint density at radius 3 is 3.00 bits per heavy atom. The summed E-state index contributed by atoms with van der Waals surface area (Å²) in [5.74, 6) is 0.603. The van der Waals surface area contributed by atoms with Gasteiger partial charge in [0.05, 0.1) is 13.1 Å². The molecular formula is C14H17BrN2O3. The summed E-state index contributed by atoms with van der Waals surface area (Å²) in [5, 5.41) is 2.59. The molecule has 0 aromatic heterocycles. The first-order valence-corrected chi connectivity index (χ1v) is 7.30. The van der Waals surface area contributed by atoms with Gasteiger partial charge in [-0.25, -0.2) is 0 Å². The molecule has 1 aliphatic heterocycles. The predicted octanol–water partition coefficient (Wildman–Crippen LogP) is 1.56. The predicted molar refractivity (Wildman–Crippen MR) is 78.4 cm³/mol. The number of halogens is 1. The van der Waals surface area contributed by atoms with Crippen molar-refractivity contribution in [3.63, 3.8) is 0 Å². The molecule has 0 bridgehead atoms. The van der Waals surface area contributed by atoms with Gasteiger partial charge in [-0.05, 0) is 25.1 Å². The summed E-state index contributed by atoms with van der Waals surface area (Å²) < 4.78 is 6.57. The van der Waals surface area contributed by atoms with E-state index in [4.69, 9.17) is 4.74 Å². The fourth-order valence-corrected chi connectivity index (χ4v) is 2.51. The van der Waals surface area contributed by atoms with Gasteiger partial charge in [0.1, 0.15) is 12.4 Å². The Morgan fingerprint density at radius 2 is 2.25 bits per heavy atom. The second-order valence-corrected chi connectivity index (χ2v) is 5.64. The van der Waals surface area contributed by atoms with E-state index in [0.29, 0.717) is 19.6 Å². The van der Waals surface area contributed by atoms with Gasteiger partial charge in [0, 0.05) is 16.9 Å². The van der Waals surface area contributed by atoms with Crippen LogP contribution in [0.15, 0.2) is 28.7 Å². The van der Waals surface area contributed by atoms with E-state index in [1.54, 1.807) is 4.90 Å². The molecule has 108 valence electrons. The molecule has 0 radical (unpaired) electrons. The van der Waals surface area contributed by atoms with Gasteiger partial charge in [0.15, 0.2) is 0 Å². The fourth-order valence-electron chi connectivity index (χ4n) is 2.14. The Hall–Kier alpha value is -1.56. The molecule has 20 heavy (non-hydrogen) atoms. The van der Waals surface area contributed by atoms with Crippen molar-refractivity contribution in [2.75, 3.05) is 19.7 Å². The zero-order chi connectivity index (χ0) is 14.5. The van der Waals surface area contributed by atoms with Crippen LogP contribution in [-0.2, 0) is 9.59 Å². The van der Waals surface area contributed by atoms with Crippen LogP contribution in [0.4, 0.5) is 0 Å². The van der Waals surface area contributed by atoms with Crippen LogP contribution >= 0.6 is 15.9 Å². The lowest BCUT2D eigenvalue weighted by atomic mass is 10.2. The second kappa shape index (κ2) is 6.74. The molecule has 1 aromatic carbocycles. The van der Waals surface area contributed by atoms with Crippen LogP contribution in [0.3, 0.4) is 0 Å². The Morgan fingerprint density at radius 1 is 1.45 bits per heavy atom. The number of nitrogens with one attached hydrogen (secondary N) is 1. The topological polar surface area (TPSA) is 58.6 Å². The maximum absolute atomic E-state index is 11.9. The standard InChI is InChI=1S/C14H17BrN2O3/c1-10-7-13(18)16-9-14(19)17(10)5-6-20-12-4-2-3-11(15)8-12/h2-4,8,10H,5-7,9H2,1H3,(H,16,18). The van der Waals surface area contributed by atoms with Crippen molar-refractivity contribution in [1.82, 2.24) is 10.2 Å². The van der Waals surface area contributed by atoms with E-state index in [2.05, 4.69) is 21.2 Å². The first-order chi connectivity index (χ1) is 9.56. The van der Waals surface area contributed by atoms with Crippen LogP contribution < -0.4 is 10.1 Å². The summed E-state index contributed by atoms with van der Waals surface area (Å²) in [6.07, 6.45) is 0.336. The van der Waals surface area contributed by atoms with Gasteiger partial charge >= 0.3 is 0 Å². The van der Waals surface area contributed by atoms with Crippen LogP contribution in [0, 0.1) is 0 Å². The van der Waals surface area contributed by atoms with Crippen molar-refractivity contribution in [3.05, 3.63) is 28.7 Å². The van der Waals surface area contributed by atoms with Crippen molar-refractivity contribution < 1.29 is 14.3 Å². The maximum atomic E-state index is 11.9. The number of nitrogens with zero attached hydrogens (tertiary/aromatic N) is 1. The maximum Gasteiger partial charge on any atom is 0.242 e. The Kier molecular flexibility index (Phi) is 5.00. The lowest BCUT2D eigenvalue weighted by Crippen LogP contribution is -2.42. The molecule has 1 saturated heterocycles. The number of rotatable bonds is 4. The van der Waals surface area contributed by atoms with E-state index in [-0.39, 0.29) is 24.4 Å². The first-order valence-electron chi connectivity index (χ1n) is 6.51. The van der Waals surface area contributed by atoms with Crippen molar-refractivity contribution in [2.45, 2.75) is 19.4 Å². The highest BCUT2D eigenvalue weighted by atomic mass is 79.9. The Bertz CT molecular complexity index is 507. The largest absolute Gasteiger partial charge is 0.492 e. The fraction of sp³-hybridized carbons (Fsp3) is 0.429. The van der Waals surface area contributed by atoms with Crippen LogP contribution in [0.25, 0.3) is 0 Å². The number of benzene rings is 1. The van der Waals surface area contributed by atoms with E-state index in [1.807, 2.05) is 31.2 Å². The number of ether oxygens (including phenoxy) is 1. The number of hydrogen-bond donors (Lipinski definition) is 1. The second-order valence-electron chi connectivity index (χ2n) is 4.72. The summed E-state index contributed by atoms with van der Waals surface area (Å²) in [5.41, 5.74) is 0. The van der Waals surface area contributed by atoms with Crippen LogP contribution in [0.1, 0.15) is 13.3 Å². The third kappa shape index (κ3) is 3.96. The summed E-state index contributed by atoms with van der Waals surface area (Å²) in [4.78, 5) is 25.0. The van der Waals surface area contributed by atoms with Gasteiger partial charge in [-0.1, -0.05) is 22.0 Å². The number of carbonyl (C=O) groups is 2.